The summed E-state index contributed by atoms with van der Waals surface area (Å²) in [6.45, 7) is 1.04. The Kier molecular flexibility index (Phi) is 8.91. The van der Waals surface area contributed by atoms with Crippen molar-refractivity contribution in [1.82, 2.24) is 16.0 Å². The van der Waals surface area contributed by atoms with Gasteiger partial charge in [-0.05, 0) is 12.8 Å². The highest BCUT2D eigenvalue weighted by Gasteiger charge is 2.20. The molecule has 0 bridgehead atoms. The van der Waals surface area contributed by atoms with Crippen LogP contribution >= 0.6 is 12.6 Å². The fraction of sp³-hybridized carbons (Fsp3) is 0.786. The third-order valence-electron chi connectivity index (χ3n) is 3.72. The largest absolute Gasteiger partial charge is 0.368 e. The molecule has 126 valence electrons. The van der Waals surface area contributed by atoms with Gasteiger partial charge in [-0.15, -0.1) is 0 Å². The minimum Gasteiger partial charge on any atom is -0.368 e. The van der Waals surface area contributed by atoms with E-state index in [2.05, 4.69) is 28.6 Å². The maximum Gasteiger partial charge on any atom is 0.240 e. The van der Waals surface area contributed by atoms with Crippen molar-refractivity contribution in [2.24, 2.45) is 11.7 Å². The van der Waals surface area contributed by atoms with Gasteiger partial charge in [-0.1, -0.05) is 19.3 Å². The lowest BCUT2D eigenvalue weighted by atomic mass is 9.89. The Morgan fingerprint density at radius 1 is 1.14 bits per heavy atom. The van der Waals surface area contributed by atoms with Crippen LogP contribution in [0.15, 0.2) is 0 Å². The Balaban J connectivity index is 2.08. The molecule has 1 fully saturated rings. The molecule has 1 atom stereocenters. The van der Waals surface area contributed by atoms with E-state index in [9.17, 15) is 14.4 Å². The van der Waals surface area contributed by atoms with Gasteiger partial charge < -0.3 is 21.7 Å². The van der Waals surface area contributed by atoms with Crippen molar-refractivity contribution in [3.63, 3.8) is 0 Å². The van der Waals surface area contributed by atoms with E-state index in [-0.39, 0.29) is 30.0 Å². The van der Waals surface area contributed by atoms with Gasteiger partial charge in [-0.2, -0.15) is 12.6 Å². The molecule has 1 unspecified atom stereocenters. The summed E-state index contributed by atoms with van der Waals surface area (Å²) in [5.41, 5.74) is 5.11. The molecule has 0 aromatic heterocycles. The van der Waals surface area contributed by atoms with E-state index in [0.717, 1.165) is 25.7 Å². The predicted octanol–water partition coefficient (Wildman–Crippen LogP) is -0.828. The topological polar surface area (TPSA) is 113 Å². The molecule has 1 aliphatic rings. The van der Waals surface area contributed by atoms with Crippen molar-refractivity contribution >= 4 is 30.4 Å². The summed E-state index contributed by atoms with van der Waals surface area (Å²) in [7, 11) is 0. The van der Waals surface area contributed by atoms with E-state index >= 15 is 0 Å². The Morgan fingerprint density at radius 2 is 1.82 bits per heavy atom. The highest BCUT2D eigenvalue weighted by molar-refractivity contribution is 7.80. The molecule has 1 aliphatic carbocycles. The van der Waals surface area contributed by atoms with Crippen LogP contribution in [0.25, 0.3) is 0 Å². The first-order valence-electron chi connectivity index (χ1n) is 7.72. The zero-order valence-electron chi connectivity index (χ0n) is 12.8. The van der Waals surface area contributed by atoms with Gasteiger partial charge >= 0.3 is 0 Å². The van der Waals surface area contributed by atoms with Crippen molar-refractivity contribution in [2.45, 2.75) is 38.1 Å². The number of hydrogen-bond donors (Lipinski definition) is 5. The number of hydrogen-bond acceptors (Lipinski definition) is 5. The SMILES string of the molecule is NC(=O)C(CS)NC(=O)CNCCNC(=O)C1CCCCC1. The van der Waals surface area contributed by atoms with E-state index in [0.29, 0.717) is 13.1 Å². The lowest BCUT2D eigenvalue weighted by Gasteiger charge is -2.20. The summed E-state index contributed by atoms with van der Waals surface area (Å²) in [6, 6.07) is -0.761. The minimum atomic E-state index is -0.761. The Morgan fingerprint density at radius 3 is 2.41 bits per heavy atom. The molecule has 22 heavy (non-hydrogen) atoms. The average molecular weight is 330 g/mol. The second-order valence-corrected chi connectivity index (χ2v) is 5.87. The Bertz CT molecular complexity index is 386. The van der Waals surface area contributed by atoms with Crippen LogP contribution in [0.2, 0.25) is 0 Å². The summed E-state index contributed by atoms with van der Waals surface area (Å²) in [5.74, 6) is -0.517. The highest BCUT2D eigenvalue weighted by atomic mass is 32.1. The molecule has 7 nitrogen and oxygen atoms in total. The molecule has 0 aromatic rings. The summed E-state index contributed by atoms with van der Waals surface area (Å²) in [5, 5.41) is 8.26. The molecular weight excluding hydrogens is 304 g/mol. The van der Waals surface area contributed by atoms with Gasteiger partial charge in [0.1, 0.15) is 6.04 Å². The van der Waals surface area contributed by atoms with Crippen LogP contribution in [0.1, 0.15) is 32.1 Å². The molecule has 0 aliphatic heterocycles. The van der Waals surface area contributed by atoms with E-state index in [1.54, 1.807) is 0 Å². The summed E-state index contributed by atoms with van der Waals surface area (Å²) < 4.78 is 0. The van der Waals surface area contributed by atoms with Gasteiger partial charge in [0.05, 0.1) is 6.54 Å². The van der Waals surface area contributed by atoms with Crippen LogP contribution in [0.4, 0.5) is 0 Å². The second-order valence-electron chi connectivity index (χ2n) is 5.51. The first-order valence-corrected chi connectivity index (χ1v) is 8.35. The number of carbonyl (C=O) groups excluding carboxylic acids is 3. The van der Waals surface area contributed by atoms with Crippen LogP contribution in [0, 0.1) is 5.92 Å². The number of thiol groups is 1. The number of nitrogens with two attached hydrogens (primary N) is 1. The van der Waals surface area contributed by atoms with Gasteiger partial charge in [0.25, 0.3) is 0 Å². The van der Waals surface area contributed by atoms with Crippen LogP contribution in [0.5, 0.6) is 0 Å². The summed E-state index contributed by atoms with van der Waals surface area (Å²) in [6.07, 6.45) is 5.42. The van der Waals surface area contributed by atoms with Crippen molar-refractivity contribution in [3.8, 4) is 0 Å². The maximum absolute atomic E-state index is 11.9. The number of carbonyl (C=O) groups is 3. The van der Waals surface area contributed by atoms with Crippen molar-refractivity contribution < 1.29 is 14.4 Å². The van der Waals surface area contributed by atoms with Gasteiger partial charge in [0.2, 0.25) is 17.7 Å². The van der Waals surface area contributed by atoms with Crippen LogP contribution < -0.4 is 21.7 Å². The molecule has 0 spiro atoms. The molecule has 5 N–H and O–H groups in total. The summed E-state index contributed by atoms with van der Waals surface area (Å²) in [4.78, 5) is 34.4. The minimum absolute atomic E-state index is 0.0663. The van der Waals surface area contributed by atoms with E-state index < -0.39 is 11.9 Å². The van der Waals surface area contributed by atoms with Crippen LogP contribution in [-0.4, -0.2) is 49.2 Å². The van der Waals surface area contributed by atoms with Crippen molar-refractivity contribution in [1.29, 1.82) is 0 Å². The van der Waals surface area contributed by atoms with Gasteiger partial charge in [0, 0.05) is 24.8 Å². The smallest absolute Gasteiger partial charge is 0.240 e. The maximum atomic E-state index is 11.9. The Labute approximate surface area is 136 Å². The fourth-order valence-corrected chi connectivity index (χ4v) is 2.71. The number of nitrogens with one attached hydrogen (secondary N) is 3. The molecule has 1 saturated carbocycles. The zero-order chi connectivity index (χ0) is 16.4. The van der Waals surface area contributed by atoms with Crippen LogP contribution in [-0.2, 0) is 14.4 Å². The molecule has 0 saturated heterocycles. The van der Waals surface area contributed by atoms with Gasteiger partial charge in [-0.25, -0.2) is 0 Å². The third-order valence-corrected chi connectivity index (χ3v) is 4.09. The van der Waals surface area contributed by atoms with E-state index in [1.165, 1.54) is 6.42 Å². The first-order chi connectivity index (χ1) is 10.5. The predicted molar refractivity (Wildman–Crippen MR) is 87.4 cm³/mol. The van der Waals surface area contributed by atoms with Gasteiger partial charge in [-0.3, -0.25) is 14.4 Å². The fourth-order valence-electron chi connectivity index (χ4n) is 2.44. The van der Waals surface area contributed by atoms with Gasteiger partial charge in [0.15, 0.2) is 0 Å². The lowest BCUT2D eigenvalue weighted by Crippen LogP contribution is -2.48. The molecule has 0 heterocycles. The summed E-state index contributed by atoms with van der Waals surface area (Å²) >= 11 is 3.94. The van der Waals surface area contributed by atoms with Crippen molar-refractivity contribution in [2.75, 3.05) is 25.4 Å². The average Bonchev–Trinajstić information content (AvgIpc) is 2.52. The number of rotatable bonds is 9. The second kappa shape index (κ2) is 10.4. The zero-order valence-corrected chi connectivity index (χ0v) is 13.7. The van der Waals surface area contributed by atoms with E-state index in [4.69, 9.17) is 5.73 Å². The van der Waals surface area contributed by atoms with Crippen molar-refractivity contribution in [3.05, 3.63) is 0 Å². The van der Waals surface area contributed by atoms with Crippen LogP contribution in [0.3, 0.4) is 0 Å². The Hall–Kier alpha value is -1.28. The standard InChI is InChI=1S/C14H26N4O3S/c15-13(20)11(9-22)18-12(19)8-16-6-7-17-14(21)10-4-2-1-3-5-10/h10-11,16,22H,1-9H2,(H2,15,20)(H,17,21)(H,18,19). The molecule has 0 radical (unpaired) electrons. The lowest BCUT2D eigenvalue weighted by molar-refractivity contribution is -0.126. The molecule has 8 heteroatoms. The number of primary amides is 1. The monoisotopic (exact) mass is 330 g/mol. The van der Waals surface area contributed by atoms with E-state index in [1.807, 2.05) is 0 Å². The molecule has 0 aromatic carbocycles. The first kappa shape index (κ1) is 18.8. The molecular formula is C14H26N4O3S. The molecule has 1 rings (SSSR count). The quantitative estimate of drug-likeness (QED) is 0.280. The highest BCUT2D eigenvalue weighted by Crippen LogP contribution is 2.23. The normalized spacial score (nSPS) is 16.8. The molecule has 3 amide bonds. The third kappa shape index (κ3) is 7.13. The number of amides is 3.